The van der Waals surface area contributed by atoms with Crippen molar-refractivity contribution in [2.75, 3.05) is 19.8 Å². The molecule has 0 spiro atoms. The average Bonchev–Trinajstić information content (AvgIpc) is 2.85. The highest BCUT2D eigenvalue weighted by Crippen LogP contribution is 2.13. The van der Waals surface area contributed by atoms with E-state index in [1.807, 2.05) is 13.8 Å². The van der Waals surface area contributed by atoms with Gasteiger partial charge in [-0.3, -0.25) is 0 Å². The van der Waals surface area contributed by atoms with Gasteiger partial charge >= 0.3 is 0 Å². The van der Waals surface area contributed by atoms with Crippen molar-refractivity contribution < 1.29 is 26.4 Å². The molecule has 21 heavy (non-hydrogen) atoms. The first kappa shape index (κ1) is 18.0. The Morgan fingerprint density at radius 1 is 1.33 bits per heavy atom. The third-order valence-electron chi connectivity index (χ3n) is 2.37. The predicted octanol–water partition coefficient (Wildman–Crippen LogP) is 1.34. The molecule has 0 aliphatic rings. The van der Waals surface area contributed by atoms with E-state index in [0.29, 0.717) is 12.3 Å². The van der Waals surface area contributed by atoms with E-state index >= 15 is 0 Å². The number of halogens is 2. The zero-order chi connectivity index (χ0) is 15.9. The molecular formula is C12H20F2N2O4S. The molecule has 1 heterocycles. The fourth-order valence-electron chi connectivity index (χ4n) is 1.39. The summed E-state index contributed by atoms with van der Waals surface area (Å²) in [6.45, 7) is 3.39. The van der Waals surface area contributed by atoms with Crippen molar-refractivity contribution in [3.8, 4) is 0 Å². The average molecular weight is 326 g/mol. The van der Waals surface area contributed by atoms with Gasteiger partial charge < -0.3 is 14.5 Å². The van der Waals surface area contributed by atoms with Gasteiger partial charge in [0.05, 0.1) is 13.2 Å². The Bertz CT molecular complexity index is 517. The van der Waals surface area contributed by atoms with Crippen molar-refractivity contribution in [1.29, 1.82) is 0 Å². The van der Waals surface area contributed by atoms with Gasteiger partial charge in [0.2, 0.25) is 5.09 Å². The summed E-state index contributed by atoms with van der Waals surface area (Å²) in [5.74, 6) is 0.498. The lowest BCUT2D eigenvalue weighted by atomic mass is 10.3. The zero-order valence-corrected chi connectivity index (χ0v) is 12.8. The molecule has 2 N–H and O–H groups in total. The molecule has 0 bridgehead atoms. The molecule has 0 atom stereocenters. The largest absolute Gasteiger partial charge is 0.447 e. The maximum Gasteiger partial charge on any atom is 0.274 e. The van der Waals surface area contributed by atoms with Crippen LogP contribution in [-0.2, 0) is 21.3 Å². The number of alkyl halides is 2. The lowest BCUT2D eigenvalue weighted by molar-refractivity contribution is 0.0198. The summed E-state index contributed by atoms with van der Waals surface area (Å²) >= 11 is 0. The molecule has 0 aliphatic carbocycles. The standard InChI is InChI=1S/C12H20F2N2O4S/c1-9(2)15-7-10-3-4-12(20-10)21(17,18)16-5-6-19-8-11(13)14/h3-4,9,11,15-16H,5-8H2,1-2H3. The van der Waals surface area contributed by atoms with Crippen molar-refractivity contribution in [3.63, 3.8) is 0 Å². The molecule has 0 fully saturated rings. The topological polar surface area (TPSA) is 80.6 Å². The summed E-state index contributed by atoms with van der Waals surface area (Å²) in [7, 11) is -3.79. The van der Waals surface area contributed by atoms with Crippen LogP contribution in [0.3, 0.4) is 0 Å². The van der Waals surface area contributed by atoms with Crippen LogP contribution in [-0.4, -0.2) is 40.6 Å². The van der Waals surface area contributed by atoms with Crippen molar-refractivity contribution >= 4 is 10.0 Å². The van der Waals surface area contributed by atoms with Gasteiger partial charge in [-0.05, 0) is 12.1 Å². The molecule has 0 radical (unpaired) electrons. The molecule has 0 aliphatic heterocycles. The lowest BCUT2D eigenvalue weighted by Crippen LogP contribution is -2.27. The van der Waals surface area contributed by atoms with Crippen molar-refractivity contribution in [2.45, 2.75) is 38.0 Å². The summed E-state index contributed by atoms with van der Waals surface area (Å²) in [5.41, 5.74) is 0. The molecule has 0 aromatic carbocycles. The van der Waals surface area contributed by atoms with Gasteiger partial charge in [-0.15, -0.1) is 0 Å². The molecule has 0 saturated carbocycles. The Morgan fingerprint density at radius 3 is 2.67 bits per heavy atom. The number of hydrogen-bond acceptors (Lipinski definition) is 5. The second kappa shape index (κ2) is 8.42. The fourth-order valence-corrected chi connectivity index (χ4v) is 2.35. The molecule has 9 heteroatoms. The smallest absolute Gasteiger partial charge is 0.274 e. The van der Waals surface area contributed by atoms with E-state index in [1.165, 1.54) is 6.07 Å². The van der Waals surface area contributed by atoms with Crippen LogP contribution in [0.25, 0.3) is 0 Å². The molecule has 1 aromatic rings. The van der Waals surface area contributed by atoms with Gasteiger partial charge in [0.15, 0.2) is 0 Å². The van der Waals surface area contributed by atoms with Gasteiger partial charge in [0, 0.05) is 12.6 Å². The SMILES string of the molecule is CC(C)NCc1ccc(S(=O)(=O)NCCOCC(F)F)o1. The Kier molecular flexibility index (Phi) is 7.23. The first-order chi connectivity index (χ1) is 9.81. The predicted molar refractivity (Wildman–Crippen MR) is 72.7 cm³/mol. The van der Waals surface area contributed by atoms with E-state index in [-0.39, 0.29) is 24.3 Å². The second-order valence-corrected chi connectivity index (χ2v) is 6.32. The van der Waals surface area contributed by atoms with E-state index in [2.05, 4.69) is 14.8 Å². The van der Waals surface area contributed by atoms with Crippen LogP contribution in [0.15, 0.2) is 21.6 Å². The van der Waals surface area contributed by atoms with E-state index in [4.69, 9.17) is 4.42 Å². The summed E-state index contributed by atoms with van der Waals surface area (Å²) in [4.78, 5) is 0. The van der Waals surface area contributed by atoms with Gasteiger partial charge in [-0.25, -0.2) is 21.9 Å². The molecule has 0 amide bonds. The van der Waals surface area contributed by atoms with Crippen LogP contribution < -0.4 is 10.0 Å². The lowest BCUT2D eigenvalue weighted by Gasteiger charge is -2.06. The van der Waals surface area contributed by atoms with Crippen molar-refractivity contribution in [1.82, 2.24) is 10.0 Å². The number of hydrogen-bond donors (Lipinski definition) is 2. The summed E-state index contributed by atoms with van der Waals surface area (Å²) < 4.78 is 59.3. The number of rotatable bonds is 10. The van der Waals surface area contributed by atoms with Crippen LogP contribution in [0.2, 0.25) is 0 Å². The van der Waals surface area contributed by atoms with Crippen LogP contribution in [0.1, 0.15) is 19.6 Å². The summed E-state index contributed by atoms with van der Waals surface area (Å²) in [6, 6.07) is 3.16. The molecule has 0 unspecified atom stereocenters. The Labute approximate surface area is 122 Å². The minimum absolute atomic E-state index is 0.102. The summed E-state index contributed by atoms with van der Waals surface area (Å²) in [5, 5.41) is 2.89. The fraction of sp³-hybridized carbons (Fsp3) is 0.667. The third-order valence-corrected chi connectivity index (χ3v) is 3.70. The van der Waals surface area contributed by atoms with Gasteiger partial charge in [0.25, 0.3) is 16.4 Å². The Balaban J connectivity index is 2.43. The van der Waals surface area contributed by atoms with Crippen LogP contribution in [0.5, 0.6) is 0 Å². The number of sulfonamides is 1. The zero-order valence-electron chi connectivity index (χ0n) is 11.9. The number of ether oxygens (including phenoxy) is 1. The maximum atomic E-state index is 11.9. The van der Waals surface area contributed by atoms with Crippen molar-refractivity contribution in [2.24, 2.45) is 0 Å². The van der Waals surface area contributed by atoms with Gasteiger partial charge in [-0.2, -0.15) is 0 Å². The molecule has 122 valence electrons. The number of furan rings is 1. The van der Waals surface area contributed by atoms with E-state index in [1.54, 1.807) is 6.07 Å². The van der Waals surface area contributed by atoms with E-state index < -0.39 is 23.1 Å². The highest BCUT2D eigenvalue weighted by molar-refractivity contribution is 7.89. The normalized spacial score (nSPS) is 12.5. The quantitative estimate of drug-likeness (QED) is 0.634. The monoisotopic (exact) mass is 326 g/mol. The van der Waals surface area contributed by atoms with Crippen LogP contribution in [0, 0.1) is 0 Å². The highest BCUT2D eigenvalue weighted by Gasteiger charge is 2.18. The molecular weight excluding hydrogens is 306 g/mol. The second-order valence-electron chi connectivity index (χ2n) is 4.62. The highest BCUT2D eigenvalue weighted by atomic mass is 32.2. The van der Waals surface area contributed by atoms with Crippen LogP contribution >= 0.6 is 0 Å². The minimum atomic E-state index is -3.79. The van der Waals surface area contributed by atoms with Crippen molar-refractivity contribution in [3.05, 3.63) is 17.9 Å². The molecule has 1 aromatic heterocycles. The van der Waals surface area contributed by atoms with Crippen LogP contribution in [0.4, 0.5) is 8.78 Å². The third kappa shape index (κ3) is 6.98. The van der Waals surface area contributed by atoms with E-state index in [0.717, 1.165) is 0 Å². The van der Waals surface area contributed by atoms with Gasteiger partial charge in [-0.1, -0.05) is 13.8 Å². The Morgan fingerprint density at radius 2 is 2.05 bits per heavy atom. The minimum Gasteiger partial charge on any atom is -0.447 e. The first-order valence-electron chi connectivity index (χ1n) is 6.49. The maximum absolute atomic E-state index is 11.9. The number of nitrogens with one attached hydrogen (secondary N) is 2. The van der Waals surface area contributed by atoms with Gasteiger partial charge in [0.1, 0.15) is 12.4 Å². The molecule has 0 saturated heterocycles. The van der Waals surface area contributed by atoms with E-state index in [9.17, 15) is 17.2 Å². The summed E-state index contributed by atoms with van der Waals surface area (Å²) in [6.07, 6.45) is -2.57. The Hall–Kier alpha value is -1.03. The first-order valence-corrected chi connectivity index (χ1v) is 7.97. The molecule has 6 nitrogen and oxygen atoms in total. The molecule has 1 rings (SSSR count).